The summed E-state index contributed by atoms with van der Waals surface area (Å²) < 4.78 is 31.8. The molecule has 0 spiro atoms. The molecule has 1 N–H and O–H groups in total. The molecule has 0 saturated carbocycles. The van der Waals surface area contributed by atoms with Crippen molar-refractivity contribution in [2.75, 3.05) is 13.2 Å². The summed E-state index contributed by atoms with van der Waals surface area (Å²) in [6.07, 6.45) is -2.01. The Hall–Kier alpha value is -1.58. The van der Waals surface area contributed by atoms with E-state index in [4.69, 9.17) is 23.4 Å². The van der Waals surface area contributed by atoms with E-state index in [2.05, 4.69) is 69.3 Å². The molecule has 2 fully saturated rings. The van der Waals surface area contributed by atoms with Gasteiger partial charge in [-0.05, 0) is 50.0 Å². The van der Waals surface area contributed by atoms with E-state index in [-0.39, 0.29) is 17.7 Å². The van der Waals surface area contributed by atoms with E-state index >= 15 is 0 Å². The molecule has 2 aromatic carbocycles. The largest absolute Gasteiger partial charge is 0.405 e. The molecular formula is C29H42O6Si. The molecule has 36 heavy (non-hydrogen) atoms. The first-order chi connectivity index (χ1) is 16.7. The Balaban J connectivity index is 1.70. The molecule has 6 nitrogen and oxygen atoms in total. The fourth-order valence-electron chi connectivity index (χ4n) is 5.77. The Bertz CT molecular complexity index is 980. The van der Waals surface area contributed by atoms with Gasteiger partial charge in [0, 0.05) is 0 Å². The number of hydrogen-bond donors (Lipinski definition) is 1. The van der Waals surface area contributed by atoms with E-state index in [0.717, 1.165) is 10.4 Å². The molecule has 0 bridgehead atoms. The summed E-state index contributed by atoms with van der Waals surface area (Å²) in [6, 6.07) is 20.8. The van der Waals surface area contributed by atoms with E-state index in [9.17, 15) is 5.11 Å². The van der Waals surface area contributed by atoms with Gasteiger partial charge in [0.05, 0.1) is 13.2 Å². The van der Waals surface area contributed by atoms with E-state index in [1.807, 2.05) is 46.8 Å². The normalized spacial score (nSPS) is 28.8. The third kappa shape index (κ3) is 5.07. The molecular weight excluding hydrogens is 472 g/mol. The number of aliphatic hydroxyl groups is 1. The molecule has 0 aromatic heterocycles. The lowest BCUT2D eigenvalue weighted by atomic mass is 9.85. The Morgan fingerprint density at radius 3 is 1.92 bits per heavy atom. The van der Waals surface area contributed by atoms with Crippen molar-refractivity contribution in [3.63, 3.8) is 0 Å². The minimum atomic E-state index is -2.82. The van der Waals surface area contributed by atoms with Crippen LogP contribution in [0, 0.1) is 0 Å². The third-order valence-electron chi connectivity index (χ3n) is 7.33. The first-order valence-corrected chi connectivity index (χ1v) is 14.7. The number of benzene rings is 2. The summed E-state index contributed by atoms with van der Waals surface area (Å²) in [5.74, 6) is -1.72. The van der Waals surface area contributed by atoms with Crippen molar-refractivity contribution in [3.05, 3.63) is 60.7 Å². The Labute approximate surface area is 217 Å². The first-order valence-electron chi connectivity index (χ1n) is 12.8. The molecule has 0 aliphatic carbocycles. The van der Waals surface area contributed by atoms with Crippen molar-refractivity contribution in [2.24, 2.45) is 0 Å². The monoisotopic (exact) mass is 514 g/mol. The Morgan fingerprint density at radius 1 is 0.889 bits per heavy atom. The van der Waals surface area contributed by atoms with Gasteiger partial charge >= 0.3 is 0 Å². The lowest BCUT2D eigenvalue weighted by Crippen LogP contribution is -2.72. The average Bonchev–Trinajstić information content (AvgIpc) is 2.79. The molecule has 198 valence electrons. The van der Waals surface area contributed by atoms with Crippen LogP contribution in [-0.4, -0.2) is 62.1 Å². The number of aliphatic hydroxyl groups excluding tert-OH is 1. The van der Waals surface area contributed by atoms with Crippen LogP contribution in [0.15, 0.2) is 60.7 Å². The van der Waals surface area contributed by atoms with Crippen LogP contribution in [0.1, 0.15) is 55.4 Å². The summed E-state index contributed by atoms with van der Waals surface area (Å²) in [6.45, 7) is 16.5. The van der Waals surface area contributed by atoms with Crippen molar-refractivity contribution in [2.45, 2.75) is 95.9 Å². The topological polar surface area (TPSA) is 66.4 Å². The molecule has 0 radical (unpaired) electrons. The van der Waals surface area contributed by atoms with E-state index in [1.165, 1.54) is 0 Å². The highest BCUT2D eigenvalue weighted by Gasteiger charge is 2.60. The summed E-state index contributed by atoms with van der Waals surface area (Å²) >= 11 is 0. The zero-order chi connectivity index (χ0) is 26.4. The van der Waals surface area contributed by atoms with Crippen LogP contribution in [0.4, 0.5) is 0 Å². The number of ether oxygens (including phenoxy) is 4. The second-order valence-electron chi connectivity index (χ2n) is 12.1. The minimum absolute atomic E-state index is 0.0982. The maximum Gasteiger partial charge on any atom is 0.261 e. The van der Waals surface area contributed by atoms with Crippen LogP contribution in [0.3, 0.4) is 0 Å². The molecule has 0 amide bonds. The zero-order valence-corrected chi connectivity index (χ0v) is 23.9. The van der Waals surface area contributed by atoms with Gasteiger partial charge in [0.25, 0.3) is 8.32 Å². The third-order valence-corrected chi connectivity index (χ3v) is 12.3. The molecule has 4 atom stereocenters. The predicted octanol–water partition coefficient (Wildman–Crippen LogP) is 3.99. The first kappa shape index (κ1) is 27.5. The predicted molar refractivity (Wildman–Crippen MR) is 143 cm³/mol. The van der Waals surface area contributed by atoms with Gasteiger partial charge in [0.2, 0.25) is 0 Å². The van der Waals surface area contributed by atoms with Crippen molar-refractivity contribution in [1.82, 2.24) is 0 Å². The molecule has 2 aromatic rings. The SMILES string of the molecule is CC1(C)O[C@@H]2COC(C)(C)O[C@]2(C)[C@H]([C@H](O)CO[Si](c2ccccc2)(c2ccccc2)C(C)(C)C)O1. The summed E-state index contributed by atoms with van der Waals surface area (Å²) in [5, 5.41) is 13.8. The van der Waals surface area contributed by atoms with Crippen molar-refractivity contribution in [3.8, 4) is 0 Å². The van der Waals surface area contributed by atoms with Gasteiger partial charge in [0.1, 0.15) is 23.9 Å². The molecule has 2 saturated heterocycles. The standard InChI is InChI=1S/C29H42O6Si/c1-26(2,3)36(21-15-11-9-12-16-21,22-17-13-10-14-18-22)32-19-23(30)25-29(8)24(33-28(6,7)34-25)20-31-27(4,5)35-29/h9-18,23-25,30H,19-20H2,1-8H3/t23-,24-,25+,29+/m1/s1. The Kier molecular flexibility index (Phi) is 7.34. The highest BCUT2D eigenvalue weighted by atomic mass is 28.4. The average molecular weight is 515 g/mol. The number of fused-ring (bicyclic) bond motifs is 1. The molecule has 2 aliphatic heterocycles. The molecule has 0 unspecified atom stereocenters. The smallest absolute Gasteiger partial charge is 0.261 e. The molecule has 2 heterocycles. The molecule has 7 heteroatoms. The van der Waals surface area contributed by atoms with Gasteiger partial charge in [-0.25, -0.2) is 0 Å². The van der Waals surface area contributed by atoms with E-state index in [0.29, 0.717) is 6.61 Å². The fraction of sp³-hybridized carbons (Fsp3) is 0.586. The maximum atomic E-state index is 11.7. The zero-order valence-electron chi connectivity index (χ0n) is 22.9. The second-order valence-corrected chi connectivity index (χ2v) is 16.4. The van der Waals surface area contributed by atoms with Gasteiger partial charge in [-0.1, -0.05) is 81.4 Å². The van der Waals surface area contributed by atoms with E-state index < -0.39 is 37.7 Å². The number of hydrogen-bond acceptors (Lipinski definition) is 6. The maximum absolute atomic E-state index is 11.7. The van der Waals surface area contributed by atoms with Crippen LogP contribution in [0.5, 0.6) is 0 Å². The number of rotatable bonds is 6. The van der Waals surface area contributed by atoms with Crippen LogP contribution in [0.2, 0.25) is 5.04 Å². The van der Waals surface area contributed by atoms with Crippen LogP contribution < -0.4 is 10.4 Å². The fourth-order valence-corrected chi connectivity index (χ4v) is 10.3. The van der Waals surface area contributed by atoms with E-state index in [1.54, 1.807) is 0 Å². The highest BCUT2D eigenvalue weighted by molar-refractivity contribution is 6.99. The molecule has 4 rings (SSSR count). The van der Waals surface area contributed by atoms with Gasteiger partial charge in [-0.3, -0.25) is 0 Å². The highest BCUT2D eigenvalue weighted by Crippen LogP contribution is 2.44. The van der Waals surface area contributed by atoms with Crippen LogP contribution >= 0.6 is 0 Å². The lowest BCUT2D eigenvalue weighted by Gasteiger charge is -2.57. The quantitative estimate of drug-likeness (QED) is 0.588. The summed E-state index contributed by atoms with van der Waals surface area (Å²) in [5.41, 5.74) is -0.911. The Morgan fingerprint density at radius 2 is 1.42 bits per heavy atom. The van der Waals surface area contributed by atoms with Gasteiger partial charge < -0.3 is 28.5 Å². The van der Waals surface area contributed by atoms with Crippen LogP contribution in [-0.2, 0) is 23.4 Å². The lowest BCUT2D eigenvalue weighted by molar-refractivity contribution is -0.444. The van der Waals surface area contributed by atoms with Gasteiger partial charge in [-0.2, -0.15) is 0 Å². The van der Waals surface area contributed by atoms with Crippen molar-refractivity contribution in [1.29, 1.82) is 0 Å². The second kappa shape index (κ2) is 9.62. The van der Waals surface area contributed by atoms with Crippen LogP contribution in [0.25, 0.3) is 0 Å². The van der Waals surface area contributed by atoms with Crippen molar-refractivity contribution < 1.29 is 28.5 Å². The summed E-state index contributed by atoms with van der Waals surface area (Å²) in [7, 11) is -2.82. The minimum Gasteiger partial charge on any atom is -0.405 e. The molecule has 2 aliphatic rings. The van der Waals surface area contributed by atoms with Gasteiger partial charge in [0.15, 0.2) is 11.6 Å². The van der Waals surface area contributed by atoms with Crippen molar-refractivity contribution >= 4 is 18.7 Å². The van der Waals surface area contributed by atoms with Gasteiger partial charge in [-0.15, -0.1) is 0 Å². The summed E-state index contributed by atoms with van der Waals surface area (Å²) in [4.78, 5) is 0.